The second-order valence-electron chi connectivity index (χ2n) is 10.2. The Balaban J connectivity index is 1.42. The molecule has 2 N–H and O–H groups in total. The number of carbonyl (C=O) groups excluding carboxylic acids is 1. The largest absolute Gasteiger partial charge is 0.362 e. The van der Waals surface area contributed by atoms with Crippen LogP contribution in [0.1, 0.15) is 26.3 Å². The van der Waals surface area contributed by atoms with Crippen LogP contribution < -0.4 is 14.9 Å². The van der Waals surface area contributed by atoms with E-state index in [1.54, 1.807) is 18.2 Å². The Morgan fingerprint density at radius 3 is 2.38 bits per heavy atom. The zero-order valence-electron chi connectivity index (χ0n) is 20.5. The summed E-state index contributed by atoms with van der Waals surface area (Å²) < 4.78 is 53.4. The Kier molecular flexibility index (Phi) is 6.09. The van der Waals surface area contributed by atoms with Gasteiger partial charge in [-0.2, -0.15) is 0 Å². The number of halogens is 3. The second-order valence-corrected chi connectivity index (χ2v) is 12.1. The maximum absolute atomic E-state index is 15.3. The van der Waals surface area contributed by atoms with Crippen molar-refractivity contribution >= 4 is 38.9 Å². The van der Waals surface area contributed by atoms with Gasteiger partial charge in [-0.1, -0.05) is 35.9 Å². The Morgan fingerprint density at radius 1 is 1.05 bits per heavy atom. The minimum Gasteiger partial charge on any atom is -0.362 e. The van der Waals surface area contributed by atoms with E-state index in [1.165, 1.54) is 11.0 Å². The summed E-state index contributed by atoms with van der Waals surface area (Å²) in [7, 11) is -4.30. The zero-order valence-corrected chi connectivity index (χ0v) is 22.1. The predicted octanol–water partition coefficient (Wildman–Crippen LogP) is 5.13. The second kappa shape index (κ2) is 8.79. The van der Waals surface area contributed by atoms with Gasteiger partial charge in [0.25, 0.3) is 0 Å². The molecule has 1 fully saturated rings. The Labute approximate surface area is 219 Å². The van der Waals surface area contributed by atoms with Crippen molar-refractivity contribution < 1.29 is 22.0 Å². The zero-order chi connectivity index (χ0) is 26.9. The molecule has 6 nitrogen and oxygen atoms in total. The number of anilines is 2. The quantitative estimate of drug-likeness (QED) is 0.493. The average Bonchev–Trinajstić information content (AvgIpc) is 3.13. The third kappa shape index (κ3) is 4.19. The monoisotopic (exact) mass is 545 g/mol. The fraction of sp³-hybridized carbons (Fsp3) is 0.296. The van der Waals surface area contributed by atoms with Crippen LogP contribution in [0.4, 0.5) is 20.2 Å². The molecule has 0 spiro atoms. The van der Waals surface area contributed by atoms with Gasteiger partial charge in [-0.15, -0.1) is 0 Å². The fourth-order valence-electron chi connectivity index (χ4n) is 5.44. The molecule has 3 aromatic carbocycles. The van der Waals surface area contributed by atoms with E-state index in [1.807, 2.05) is 43.9 Å². The number of nitrogens with zero attached hydrogens (tertiary/aromatic N) is 2. The number of rotatable bonds is 4. The summed E-state index contributed by atoms with van der Waals surface area (Å²) in [4.78, 5) is 16.4. The van der Waals surface area contributed by atoms with Gasteiger partial charge < -0.3 is 9.80 Å². The van der Waals surface area contributed by atoms with E-state index in [0.717, 1.165) is 17.7 Å². The van der Waals surface area contributed by atoms with E-state index in [0.29, 0.717) is 33.9 Å². The topological polar surface area (TPSA) is 83.7 Å². The van der Waals surface area contributed by atoms with Gasteiger partial charge in [0.2, 0.25) is 15.9 Å². The predicted molar refractivity (Wildman–Crippen MR) is 140 cm³/mol. The van der Waals surface area contributed by atoms with Gasteiger partial charge >= 0.3 is 0 Å². The minimum atomic E-state index is -4.30. The first-order chi connectivity index (χ1) is 17.3. The van der Waals surface area contributed by atoms with E-state index in [2.05, 4.69) is 0 Å². The number of primary sulfonamides is 1. The number of nitrogens with two attached hydrogens (primary N) is 1. The molecule has 1 amide bonds. The van der Waals surface area contributed by atoms with Gasteiger partial charge in [0.1, 0.15) is 16.5 Å². The lowest BCUT2D eigenvalue weighted by molar-refractivity contribution is -0.126. The molecule has 0 saturated carbocycles. The molecule has 1 saturated heterocycles. The number of benzene rings is 3. The first kappa shape index (κ1) is 25.6. The molecule has 0 aromatic heterocycles. The molecule has 5 rings (SSSR count). The number of sulfonamides is 1. The maximum atomic E-state index is 15.3. The van der Waals surface area contributed by atoms with E-state index in [4.69, 9.17) is 16.7 Å². The summed E-state index contributed by atoms with van der Waals surface area (Å²) in [6.07, 6.45) is 0.387. The van der Waals surface area contributed by atoms with Gasteiger partial charge in [-0.25, -0.2) is 22.3 Å². The fourth-order valence-corrected chi connectivity index (χ4v) is 6.29. The summed E-state index contributed by atoms with van der Waals surface area (Å²) in [5.74, 6) is -2.09. The first-order valence-electron chi connectivity index (χ1n) is 11.8. The number of fused-ring (bicyclic) bond motifs is 1. The third-order valence-corrected chi connectivity index (χ3v) is 8.78. The van der Waals surface area contributed by atoms with E-state index in [-0.39, 0.29) is 18.5 Å². The van der Waals surface area contributed by atoms with Crippen molar-refractivity contribution in [2.24, 2.45) is 11.1 Å². The lowest BCUT2D eigenvalue weighted by Gasteiger charge is -2.56. The van der Waals surface area contributed by atoms with Gasteiger partial charge in [0.05, 0.1) is 11.6 Å². The van der Waals surface area contributed by atoms with Gasteiger partial charge in [-0.05, 0) is 68.7 Å². The van der Waals surface area contributed by atoms with Gasteiger partial charge in [-0.3, -0.25) is 4.79 Å². The minimum absolute atomic E-state index is 0.229. The van der Waals surface area contributed by atoms with Crippen LogP contribution in [0.3, 0.4) is 0 Å². The van der Waals surface area contributed by atoms with Crippen LogP contribution in [-0.4, -0.2) is 32.5 Å². The molecule has 0 unspecified atom stereocenters. The van der Waals surface area contributed by atoms with E-state index < -0.39 is 38.0 Å². The van der Waals surface area contributed by atoms with Gasteiger partial charge in [0.15, 0.2) is 0 Å². The lowest BCUT2D eigenvalue weighted by atomic mass is 9.75. The van der Waals surface area contributed by atoms with Crippen molar-refractivity contribution in [1.29, 1.82) is 0 Å². The lowest BCUT2D eigenvalue weighted by Crippen LogP contribution is -2.69. The summed E-state index contributed by atoms with van der Waals surface area (Å²) >= 11 is 6.27. The van der Waals surface area contributed by atoms with E-state index >= 15 is 4.39 Å². The van der Waals surface area contributed by atoms with Crippen LogP contribution in [-0.2, 0) is 21.2 Å². The average molecular weight is 546 g/mol. The van der Waals surface area contributed by atoms with Crippen molar-refractivity contribution in [3.05, 3.63) is 76.8 Å². The highest BCUT2D eigenvalue weighted by Crippen LogP contribution is 2.45. The molecule has 194 valence electrons. The van der Waals surface area contributed by atoms with Crippen LogP contribution in [0.15, 0.2) is 59.5 Å². The standard InChI is InChI=1S/C27H26ClF2N3O3S/c1-15-10-17-12-22(30)25(37(31,35)36)13-24(17)33(15)26(34)19-14-32(27(19,2)3)23-9-8-16(11-21(23)29)18-6-4-5-7-20(18)28/h4-9,11-13,15,19H,10,14H2,1-3H3,(H2,31,35,36)/t15-,19-/m1/s1. The molecule has 0 bridgehead atoms. The van der Waals surface area contributed by atoms with Crippen LogP contribution in [0.2, 0.25) is 5.02 Å². The van der Waals surface area contributed by atoms with Crippen LogP contribution >= 0.6 is 11.6 Å². The molecule has 10 heteroatoms. The molecule has 0 aliphatic carbocycles. The highest BCUT2D eigenvalue weighted by Gasteiger charge is 2.53. The molecular formula is C27H26ClF2N3O3S. The van der Waals surface area contributed by atoms with Crippen LogP contribution in [0, 0.1) is 17.6 Å². The van der Waals surface area contributed by atoms with Crippen LogP contribution in [0.25, 0.3) is 11.1 Å². The SMILES string of the molecule is C[C@@H]1Cc2cc(F)c(S(N)(=O)=O)cc2N1C(=O)[C@H]1CN(c2ccc(-c3ccccc3Cl)cc2F)C1(C)C. The Hall–Kier alpha value is -3.01. The maximum Gasteiger partial charge on any atom is 0.241 e. The summed E-state index contributed by atoms with van der Waals surface area (Å²) in [6, 6.07) is 14.1. The Morgan fingerprint density at radius 2 is 1.76 bits per heavy atom. The summed E-state index contributed by atoms with van der Waals surface area (Å²) in [5, 5.41) is 5.70. The highest BCUT2D eigenvalue weighted by molar-refractivity contribution is 7.89. The molecule has 2 heterocycles. The third-order valence-electron chi connectivity index (χ3n) is 7.53. The van der Waals surface area contributed by atoms with Crippen molar-refractivity contribution in [3.63, 3.8) is 0 Å². The summed E-state index contributed by atoms with van der Waals surface area (Å²) in [6.45, 7) is 5.82. The van der Waals surface area contributed by atoms with Crippen molar-refractivity contribution in [3.8, 4) is 11.1 Å². The summed E-state index contributed by atoms with van der Waals surface area (Å²) in [5.41, 5.74) is 1.90. The Bertz CT molecular complexity index is 1540. The normalized spacial score (nSPS) is 20.5. The molecule has 3 aromatic rings. The highest BCUT2D eigenvalue weighted by atomic mass is 35.5. The first-order valence-corrected chi connectivity index (χ1v) is 13.7. The van der Waals surface area contributed by atoms with E-state index in [9.17, 15) is 17.6 Å². The molecular weight excluding hydrogens is 520 g/mol. The number of hydrogen-bond donors (Lipinski definition) is 1. The molecule has 2 atom stereocenters. The van der Waals surface area contributed by atoms with Gasteiger partial charge in [0, 0.05) is 34.4 Å². The van der Waals surface area contributed by atoms with Crippen molar-refractivity contribution in [2.45, 2.75) is 43.7 Å². The molecule has 37 heavy (non-hydrogen) atoms. The smallest absolute Gasteiger partial charge is 0.241 e. The van der Waals surface area contributed by atoms with Crippen molar-refractivity contribution in [1.82, 2.24) is 0 Å². The number of carbonyl (C=O) groups is 1. The van der Waals surface area contributed by atoms with Crippen LogP contribution in [0.5, 0.6) is 0 Å². The molecule has 2 aliphatic rings. The number of amides is 1. The molecule has 0 radical (unpaired) electrons. The van der Waals surface area contributed by atoms with Crippen molar-refractivity contribution in [2.75, 3.05) is 16.3 Å². The number of hydrogen-bond acceptors (Lipinski definition) is 4. The molecule has 2 aliphatic heterocycles.